The summed E-state index contributed by atoms with van der Waals surface area (Å²) in [4.78, 5) is 22.8. The van der Waals surface area contributed by atoms with Gasteiger partial charge in [-0.2, -0.15) is 0 Å². The van der Waals surface area contributed by atoms with Gasteiger partial charge in [-0.3, -0.25) is 4.79 Å². The van der Waals surface area contributed by atoms with Crippen molar-refractivity contribution in [2.24, 2.45) is 52.3 Å². The van der Waals surface area contributed by atoms with E-state index in [9.17, 15) is 4.79 Å². The van der Waals surface area contributed by atoms with Crippen molar-refractivity contribution in [2.45, 2.75) is 221 Å². The lowest BCUT2D eigenvalue weighted by Gasteiger charge is -2.57. The molecule has 0 amide bonds. The van der Waals surface area contributed by atoms with Crippen LogP contribution in [0.4, 0.5) is 0 Å². The van der Waals surface area contributed by atoms with E-state index < -0.39 is 0 Å². The molecule has 1 heterocycles. The third-order valence-corrected chi connectivity index (χ3v) is 15.2. The zero-order valence-corrected chi connectivity index (χ0v) is 33.4. The maximum Gasteiger partial charge on any atom is 0.132 e. The Balaban J connectivity index is 1.03. The predicted octanol–water partition coefficient (Wildman–Crippen LogP) is 13.9. The van der Waals surface area contributed by atoms with Crippen LogP contribution >= 0.6 is 0 Å². The van der Waals surface area contributed by atoms with E-state index in [-0.39, 0.29) is 17.3 Å². The van der Waals surface area contributed by atoms with Gasteiger partial charge in [0.25, 0.3) is 0 Å². The van der Waals surface area contributed by atoms with Gasteiger partial charge in [-0.1, -0.05) is 144 Å². The van der Waals surface area contributed by atoms with Crippen LogP contribution in [0.5, 0.6) is 0 Å². The number of carbonyl (C=O) groups excluding carboxylic acids is 1. The first-order valence-corrected chi connectivity index (χ1v) is 21.8. The molecule has 280 valence electrons. The predicted molar refractivity (Wildman–Crippen MR) is 204 cm³/mol. The monoisotopic (exact) mass is 671 g/mol. The highest BCUT2D eigenvalue weighted by atomic mass is 17.2. The van der Waals surface area contributed by atoms with Crippen LogP contribution in [0, 0.1) is 52.3 Å². The largest absolute Gasteiger partial charge is 0.300 e. The Morgan fingerprint density at radius 2 is 1.31 bits per heavy atom. The molecule has 3 heteroatoms. The Kier molecular flexibility index (Phi) is 16.3. The van der Waals surface area contributed by atoms with Gasteiger partial charge in [0, 0.05) is 12.3 Å². The molecule has 1 saturated heterocycles. The smallest absolute Gasteiger partial charge is 0.132 e. The molecule has 0 N–H and O–H groups in total. The second kappa shape index (κ2) is 19.4. The number of carbonyl (C=O) groups is 1. The van der Waals surface area contributed by atoms with E-state index in [1.54, 1.807) is 19.8 Å². The molecule has 4 rings (SSSR count). The first kappa shape index (κ1) is 40.4. The van der Waals surface area contributed by atoms with E-state index in [0.29, 0.717) is 17.4 Å². The Morgan fingerprint density at radius 1 is 0.688 bits per heavy atom. The van der Waals surface area contributed by atoms with Crippen molar-refractivity contribution in [3.8, 4) is 0 Å². The van der Waals surface area contributed by atoms with Crippen molar-refractivity contribution < 1.29 is 14.6 Å². The molecule has 2 unspecified atom stereocenters. The molecule has 4 fully saturated rings. The van der Waals surface area contributed by atoms with Crippen molar-refractivity contribution in [3.05, 3.63) is 0 Å². The highest BCUT2D eigenvalue weighted by molar-refractivity contribution is 5.77. The molecule has 1 aliphatic heterocycles. The maximum absolute atomic E-state index is 11.8. The molecule has 3 aliphatic carbocycles. The summed E-state index contributed by atoms with van der Waals surface area (Å²) < 4.78 is 0. The SMILES string of the molecule is CC(=O)C(C)CC1(CCCCCCCCCCCCCC[C@@]2(C)CCC[C@@H]3[C@@H]2CC[C@]2(C)[C@@H]([C@H](C)CCCC(C)C)CC[C@@H]32)CCOO1. The number of fused-ring (bicyclic) bond motifs is 3. The highest BCUT2D eigenvalue weighted by Gasteiger charge is 2.58. The van der Waals surface area contributed by atoms with Crippen LogP contribution in [0.3, 0.4) is 0 Å². The lowest BCUT2D eigenvalue weighted by Crippen LogP contribution is -2.49. The van der Waals surface area contributed by atoms with E-state index in [0.717, 1.165) is 54.8 Å². The number of ketones is 1. The summed E-state index contributed by atoms with van der Waals surface area (Å²) in [6.45, 7) is 17.3. The first-order valence-electron chi connectivity index (χ1n) is 21.8. The Labute approximate surface area is 299 Å². The molecule has 3 saturated carbocycles. The van der Waals surface area contributed by atoms with Crippen LogP contribution in [0.1, 0.15) is 215 Å². The number of Topliss-reactive ketones (excluding diaryl/α,β-unsaturated/α-hetero) is 1. The van der Waals surface area contributed by atoms with Crippen molar-refractivity contribution in [2.75, 3.05) is 6.61 Å². The Hall–Kier alpha value is -0.410. The summed E-state index contributed by atoms with van der Waals surface area (Å²) in [7, 11) is 0. The van der Waals surface area contributed by atoms with Gasteiger partial charge < -0.3 is 0 Å². The van der Waals surface area contributed by atoms with Crippen LogP contribution in [-0.2, 0) is 14.6 Å². The topological polar surface area (TPSA) is 35.5 Å². The fraction of sp³-hybridized carbons (Fsp3) is 0.978. The van der Waals surface area contributed by atoms with E-state index in [4.69, 9.17) is 9.78 Å². The molecule has 0 radical (unpaired) electrons. The van der Waals surface area contributed by atoms with Crippen LogP contribution in [-0.4, -0.2) is 18.0 Å². The standard InChI is InChI=1S/C45H82O3/c1-35(2)22-20-23-36(3)40-25-26-42-39-24-21-29-43(6,41(39)27-31-44(40,42)7)28-18-16-14-12-10-8-9-11-13-15-17-19-30-45(32-33-47-48-45)34-37(4)38(5)46/h35-37,39-42H,8-34H2,1-7H3/t36-,37?,39-,40-,41+,42+,43+,44-,45?/m1/s1. The molecule has 0 spiro atoms. The van der Waals surface area contributed by atoms with E-state index >= 15 is 0 Å². The third-order valence-electron chi connectivity index (χ3n) is 15.2. The summed E-state index contributed by atoms with van der Waals surface area (Å²) in [5, 5.41) is 0. The molecule has 0 aromatic heterocycles. The van der Waals surface area contributed by atoms with E-state index in [1.807, 2.05) is 6.92 Å². The zero-order chi connectivity index (χ0) is 34.6. The Morgan fingerprint density at radius 3 is 1.90 bits per heavy atom. The van der Waals surface area contributed by atoms with Crippen molar-refractivity contribution in [1.82, 2.24) is 0 Å². The quantitative estimate of drug-likeness (QED) is 0.0801. The maximum atomic E-state index is 11.8. The minimum absolute atomic E-state index is 0.0615. The molecule has 48 heavy (non-hydrogen) atoms. The minimum Gasteiger partial charge on any atom is -0.300 e. The first-order chi connectivity index (χ1) is 23.0. The molecular formula is C45H82O3. The van der Waals surface area contributed by atoms with Crippen LogP contribution < -0.4 is 0 Å². The van der Waals surface area contributed by atoms with Gasteiger partial charge in [0.15, 0.2) is 0 Å². The third kappa shape index (κ3) is 11.0. The summed E-state index contributed by atoms with van der Waals surface area (Å²) in [6.07, 6.45) is 36.0. The summed E-state index contributed by atoms with van der Waals surface area (Å²) in [5.74, 6) is 6.17. The highest BCUT2D eigenvalue weighted by Crippen LogP contribution is 2.66. The summed E-state index contributed by atoms with van der Waals surface area (Å²) in [5.41, 5.74) is 1.04. The van der Waals surface area contributed by atoms with Crippen molar-refractivity contribution >= 4 is 5.78 Å². The van der Waals surface area contributed by atoms with E-state index in [1.165, 1.54) is 135 Å². The fourth-order valence-electron chi connectivity index (χ4n) is 12.1. The minimum atomic E-state index is -0.218. The van der Waals surface area contributed by atoms with Gasteiger partial charge in [0.05, 0.1) is 6.61 Å². The molecule has 0 bridgehead atoms. The second-order valence-electron chi connectivity index (χ2n) is 19.3. The normalized spacial score (nSPS) is 34.7. The van der Waals surface area contributed by atoms with Gasteiger partial charge >= 0.3 is 0 Å². The van der Waals surface area contributed by atoms with Gasteiger partial charge in [-0.25, -0.2) is 9.78 Å². The van der Waals surface area contributed by atoms with Gasteiger partial charge in [0.1, 0.15) is 11.4 Å². The molecule has 9 atom stereocenters. The summed E-state index contributed by atoms with van der Waals surface area (Å²) >= 11 is 0. The zero-order valence-electron chi connectivity index (χ0n) is 33.4. The average molecular weight is 671 g/mol. The molecule has 4 aliphatic rings. The molecule has 3 nitrogen and oxygen atoms in total. The molecule has 0 aromatic carbocycles. The van der Waals surface area contributed by atoms with Crippen LogP contribution in [0.15, 0.2) is 0 Å². The van der Waals surface area contributed by atoms with Crippen LogP contribution in [0.2, 0.25) is 0 Å². The Bertz CT molecular complexity index is 921. The lowest BCUT2D eigenvalue weighted by atomic mass is 9.48. The average Bonchev–Trinajstić information content (AvgIpc) is 3.65. The van der Waals surface area contributed by atoms with Crippen molar-refractivity contribution in [3.63, 3.8) is 0 Å². The van der Waals surface area contributed by atoms with Crippen molar-refractivity contribution in [1.29, 1.82) is 0 Å². The molecule has 0 aromatic rings. The number of unbranched alkanes of at least 4 members (excludes halogenated alkanes) is 11. The number of rotatable bonds is 23. The lowest BCUT2D eigenvalue weighted by molar-refractivity contribution is -0.313. The number of hydrogen-bond donors (Lipinski definition) is 0. The summed E-state index contributed by atoms with van der Waals surface area (Å²) in [6, 6.07) is 0. The van der Waals surface area contributed by atoms with Gasteiger partial charge in [0.2, 0.25) is 0 Å². The fourth-order valence-corrected chi connectivity index (χ4v) is 12.1. The molecular weight excluding hydrogens is 588 g/mol. The number of hydrogen-bond acceptors (Lipinski definition) is 3. The van der Waals surface area contributed by atoms with Crippen LogP contribution in [0.25, 0.3) is 0 Å². The van der Waals surface area contributed by atoms with Gasteiger partial charge in [-0.05, 0) is 111 Å². The van der Waals surface area contributed by atoms with E-state index in [2.05, 4.69) is 34.6 Å². The van der Waals surface area contributed by atoms with Gasteiger partial charge in [-0.15, -0.1) is 0 Å². The second-order valence-corrected chi connectivity index (χ2v) is 19.3.